The number of nitrogens with zero attached hydrogens (tertiary/aromatic N) is 5. The number of imidazole rings is 1. The van der Waals surface area contributed by atoms with Crippen LogP contribution in [0.5, 0.6) is 0 Å². The van der Waals surface area contributed by atoms with Crippen molar-refractivity contribution in [3.05, 3.63) is 90.6 Å². The van der Waals surface area contributed by atoms with Crippen LogP contribution >= 0.6 is 0 Å². The summed E-state index contributed by atoms with van der Waals surface area (Å²) in [5, 5.41) is 0.968. The van der Waals surface area contributed by atoms with Gasteiger partial charge in [-0.2, -0.15) is 0 Å². The molecule has 5 aromatic rings. The molecule has 0 atom stereocenters. The molecule has 1 aliphatic rings. The molecule has 3 aromatic heterocycles. The van der Waals surface area contributed by atoms with E-state index in [2.05, 4.69) is 26.8 Å². The van der Waals surface area contributed by atoms with Crippen molar-refractivity contribution in [1.29, 1.82) is 0 Å². The zero-order valence-corrected chi connectivity index (χ0v) is 17.5. The van der Waals surface area contributed by atoms with Crippen LogP contribution in [0, 0.1) is 11.8 Å². The Kier molecular flexibility index (Phi) is 4.48. The molecule has 1 fully saturated rings. The minimum atomic E-state index is -0.312. The molecule has 1 amide bonds. The van der Waals surface area contributed by atoms with E-state index in [1.54, 1.807) is 29.8 Å². The van der Waals surface area contributed by atoms with E-state index in [0.29, 0.717) is 13.2 Å². The molecule has 2 aromatic carbocycles. The number of rotatable bonds is 2. The third-order valence-electron chi connectivity index (χ3n) is 5.59. The smallest absolute Gasteiger partial charge is 0.414 e. The van der Waals surface area contributed by atoms with Gasteiger partial charge in [-0.05, 0) is 54.6 Å². The summed E-state index contributed by atoms with van der Waals surface area (Å²) in [6.07, 6.45) is 6.73. The highest BCUT2D eigenvalue weighted by Crippen LogP contribution is 2.28. The van der Waals surface area contributed by atoms with E-state index < -0.39 is 0 Å². The van der Waals surface area contributed by atoms with Crippen molar-refractivity contribution in [2.24, 2.45) is 0 Å². The molecular weight excluding hydrogens is 414 g/mol. The molecule has 0 aliphatic carbocycles. The van der Waals surface area contributed by atoms with E-state index in [1.165, 1.54) is 0 Å². The standard InChI is InChI=1S/C26H17N5O2/c32-26-30(12-13-33-26)20-6-8-21(9-7-20)31-17-29-24-16-28-23-10-5-18(14-22(23)25(24)31)3-4-19-2-1-11-27-15-19/h1-2,5-11,14-17H,12-13H2. The fourth-order valence-electron chi connectivity index (χ4n) is 3.97. The Hall–Kier alpha value is -4.70. The second-order valence-corrected chi connectivity index (χ2v) is 7.61. The Balaban J connectivity index is 1.43. The molecule has 4 heterocycles. The number of amides is 1. The van der Waals surface area contributed by atoms with Crippen LogP contribution in [0.1, 0.15) is 11.1 Å². The molecule has 0 radical (unpaired) electrons. The largest absolute Gasteiger partial charge is 0.447 e. The molecule has 0 spiro atoms. The number of aromatic nitrogens is 4. The summed E-state index contributed by atoms with van der Waals surface area (Å²) in [6.45, 7) is 0.975. The zero-order valence-electron chi connectivity index (χ0n) is 17.5. The SMILES string of the molecule is O=C1OCCN1c1ccc(-n2cnc3cnc4ccc(C#Cc5cccnc5)cc4c32)cc1. The van der Waals surface area contributed by atoms with Gasteiger partial charge in [-0.15, -0.1) is 0 Å². The third-order valence-corrected chi connectivity index (χ3v) is 5.59. The molecule has 1 saturated heterocycles. The van der Waals surface area contributed by atoms with Gasteiger partial charge >= 0.3 is 6.09 Å². The maximum Gasteiger partial charge on any atom is 0.414 e. The summed E-state index contributed by atoms with van der Waals surface area (Å²) in [6, 6.07) is 17.6. The number of pyridine rings is 2. The summed E-state index contributed by atoms with van der Waals surface area (Å²) >= 11 is 0. The topological polar surface area (TPSA) is 73.1 Å². The van der Waals surface area contributed by atoms with Crippen molar-refractivity contribution in [2.75, 3.05) is 18.1 Å². The van der Waals surface area contributed by atoms with Crippen molar-refractivity contribution in [3.8, 4) is 17.5 Å². The van der Waals surface area contributed by atoms with Gasteiger partial charge in [0.25, 0.3) is 0 Å². The van der Waals surface area contributed by atoms with Gasteiger partial charge < -0.3 is 4.74 Å². The van der Waals surface area contributed by atoms with Crippen molar-refractivity contribution >= 4 is 33.7 Å². The third kappa shape index (κ3) is 3.44. The lowest BCUT2D eigenvalue weighted by atomic mass is 10.1. The van der Waals surface area contributed by atoms with Gasteiger partial charge in [-0.1, -0.05) is 11.8 Å². The number of ether oxygens (including phenoxy) is 1. The first-order chi connectivity index (χ1) is 16.3. The van der Waals surface area contributed by atoms with E-state index in [-0.39, 0.29) is 6.09 Å². The summed E-state index contributed by atoms with van der Waals surface area (Å²) in [5.74, 6) is 6.37. The van der Waals surface area contributed by atoms with Gasteiger partial charge in [0.05, 0.1) is 23.8 Å². The Bertz CT molecular complexity index is 1560. The first kappa shape index (κ1) is 19.0. The van der Waals surface area contributed by atoms with Crippen molar-refractivity contribution in [3.63, 3.8) is 0 Å². The van der Waals surface area contributed by atoms with Crippen molar-refractivity contribution < 1.29 is 9.53 Å². The van der Waals surface area contributed by atoms with Crippen molar-refractivity contribution in [2.45, 2.75) is 0 Å². The average molecular weight is 431 g/mol. The predicted octanol–water partition coefficient (Wildman–Crippen LogP) is 4.33. The number of carbonyl (C=O) groups excluding carboxylic acids is 1. The van der Waals surface area contributed by atoms with Crippen LogP contribution in [0.15, 0.2) is 79.5 Å². The highest BCUT2D eigenvalue weighted by molar-refractivity contribution is 6.03. The molecule has 0 unspecified atom stereocenters. The van der Waals surface area contributed by atoms with Gasteiger partial charge in [-0.3, -0.25) is 19.4 Å². The monoisotopic (exact) mass is 431 g/mol. The van der Waals surface area contributed by atoms with E-state index >= 15 is 0 Å². The predicted molar refractivity (Wildman–Crippen MR) is 125 cm³/mol. The summed E-state index contributed by atoms with van der Waals surface area (Å²) in [7, 11) is 0. The molecule has 158 valence electrons. The Labute approximate surface area is 189 Å². The van der Waals surface area contributed by atoms with E-state index in [1.807, 2.05) is 59.2 Å². The van der Waals surface area contributed by atoms with E-state index in [0.717, 1.165) is 44.4 Å². The maximum atomic E-state index is 11.9. The van der Waals surface area contributed by atoms with Gasteiger partial charge in [0, 0.05) is 40.3 Å². The van der Waals surface area contributed by atoms with Gasteiger partial charge in [0.2, 0.25) is 0 Å². The van der Waals surface area contributed by atoms with Crippen LogP contribution in [0.25, 0.3) is 27.6 Å². The normalized spacial score (nSPS) is 13.2. The Morgan fingerprint density at radius 2 is 1.73 bits per heavy atom. The first-order valence-electron chi connectivity index (χ1n) is 10.5. The van der Waals surface area contributed by atoms with Gasteiger partial charge in [0.1, 0.15) is 18.5 Å². The highest BCUT2D eigenvalue weighted by Gasteiger charge is 2.23. The van der Waals surface area contributed by atoms with Gasteiger partial charge in [-0.25, -0.2) is 9.78 Å². The molecule has 0 bridgehead atoms. The van der Waals surface area contributed by atoms with Crippen LogP contribution in [0.2, 0.25) is 0 Å². The molecule has 0 N–H and O–H groups in total. The highest BCUT2D eigenvalue weighted by atomic mass is 16.6. The fourth-order valence-corrected chi connectivity index (χ4v) is 3.97. The molecule has 33 heavy (non-hydrogen) atoms. The summed E-state index contributed by atoms with van der Waals surface area (Å²) in [4.78, 5) is 26.7. The number of hydrogen-bond donors (Lipinski definition) is 0. The molecule has 1 aliphatic heterocycles. The lowest BCUT2D eigenvalue weighted by Gasteiger charge is -2.13. The number of hydrogen-bond acceptors (Lipinski definition) is 5. The number of anilines is 1. The Morgan fingerprint density at radius 3 is 2.52 bits per heavy atom. The zero-order chi connectivity index (χ0) is 22.2. The number of fused-ring (bicyclic) bond motifs is 3. The molecular formula is C26H17N5O2. The maximum absolute atomic E-state index is 11.9. The summed E-state index contributed by atoms with van der Waals surface area (Å²) < 4.78 is 7.07. The molecule has 0 saturated carbocycles. The average Bonchev–Trinajstić information content (AvgIpc) is 3.50. The van der Waals surface area contributed by atoms with Crippen LogP contribution < -0.4 is 4.90 Å². The lowest BCUT2D eigenvalue weighted by Crippen LogP contribution is -2.23. The Morgan fingerprint density at radius 1 is 0.879 bits per heavy atom. The first-order valence-corrected chi connectivity index (χ1v) is 10.5. The minimum absolute atomic E-state index is 0.312. The van der Waals surface area contributed by atoms with E-state index in [4.69, 9.17) is 4.74 Å². The molecule has 7 heteroatoms. The quantitative estimate of drug-likeness (QED) is 0.389. The molecule has 7 nitrogen and oxygen atoms in total. The lowest BCUT2D eigenvalue weighted by molar-refractivity contribution is 0.181. The fraction of sp³-hybridized carbons (Fsp3) is 0.0769. The van der Waals surface area contributed by atoms with Crippen LogP contribution in [0.3, 0.4) is 0 Å². The molecule has 6 rings (SSSR count). The number of cyclic esters (lactones) is 1. The van der Waals surface area contributed by atoms with Crippen molar-refractivity contribution in [1.82, 2.24) is 19.5 Å². The number of carbonyl (C=O) groups is 1. The minimum Gasteiger partial charge on any atom is -0.447 e. The summed E-state index contributed by atoms with van der Waals surface area (Å²) in [5.41, 5.74) is 6.12. The second-order valence-electron chi connectivity index (χ2n) is 7.61. The van der Waals surface area contributed by atoms with Crippen LogP contribution in [-0.4, -0.2) is 38.8 Å². The second kappa shape index (κ2) is 7.77. The van der Waals surface area contributed by atoms with Crippen LogP contribution in [0.4, 0.5) is 10.5 Å². The van der Waals surface area contributed by atoms with Crippen LogP contribution in [-0.2, 0) is 4.74 Å². The van der Waals surface area contributed by atoms with Gasteiger partial charge in [0.15, 0.2) is 0 Å². The van der Waals surface area contributed by atoms with E-state index in [9.17, 15) is 4.79 Å². The number of benzene rings is 2.